The van der Waals surface area contributed by atoms with Crippen molar-refractivity contribution >= 4 is 47.2 Å². The Kier molecular flexibility index (Phi) is 6.93. The van der Waals surface area contributed by atoms with Crippen LogP contribution in [0.2, 0.25) is 5.02 Å². The summed E-state index contributed by atoms with van der Waals surface area (Å²) in [5.74, 6) is -0.485. The Hall–Kier alpha value is -2.44. The fraction of sp³-hybridized carbons (Fsp3) is 0.263. The first-order valence-electron chi connectivity index (χ1n) is 8.38. The summed E-state index contributed by atoms with van der Waals surface area (Å²) < 4.78 is 0. The van der Waals surface area contributed by atoms with E-state index in [1.807, 2.05) is 0 Å². The summed E-state index contributed by atoms with van der Waals surface area (Å²) >= 11 is 5.89. The van der Waals surface area contributed by atoms with E-state index in [-0.39, 0.29) is 35.9 Å². The Balaban J connectivity index is 0.00000261. The number of hydrogen-bond donors (Lipinski definition) is 3. The predicted molar refractivity (Wildman–Crippen MR) is 108 cm³/mol. The lowest BCUT2D eigenvalue weighted by Gasteiger charge is -2.31. The summed E-state index contributed by atoms with van der Waals surface area (Å²) in [6.45, 7) is 1.01. The average Bonchev–Trinajstić information content (AvgIpc) is 2.65. The van der Waals surface area contributed by atoms with Crippen molar-refractivity contribution in [1.29, 1.82) is 0 Å². The van der Waals surface area contributed by atoms with E-state index in [4.69, 9.17) is 17.3 Å². The molecule has 1 aliphatic heterocycles. The van der Waals surface area contributed by atoms with Crippen molar-refractivity contribution < 1.29 is 14.7 Å². The van der Waals surface area contributed by atoms with Crippen molar-refractivity contribution in [3.63, 3.8) is 0 Å². The molecule has 27 heavy (non-hydrogen) atoms. The number of anilines is 2. The lowest BCUT2D eigenvalue weighted by molar-refractivity contribution is -0.121. The highest BCUT2D eigenvalue weighted by molar-refractivity contribution is 6.31. The summed E-state index contributed by atoms with van der Waals surface area (Å²) in [4.78, 5) is 26.7. The molecule has 2 aromatic rings. The smallest absolute Gasteiger partial charge is 0.253 e. The molecule has 0 atom stereocenters. The highest BCUT2D eigenvalue weighted by atomic mass is 35.5. The Labute approximate surface area is 168 Å². The maximum atomic E-state index is 12.5. The zero-order valence-corrected chi connectivity index (χ0v) is 16.1. The van der Waals surface area contributed by atoms with E-state index in [0.29, 0.717) is 47.9 Å². The van der Waals surface area contributed by atoms with Crippen molar-refractivity contribution in [2.75, 3.05) is 24.1 Å². The molecule has 1 saturated heterocycles. The number of piperidine rings is 1. The Morgan fingerprint density at radius 2 is 1.74 bits per heavy atom. The maximum absolute atomic E-state index is 12.5. The van der Waals surface area contributed by atoms with Gasteiger partial charge in [0.1, 0.15) is 5.75 Å². The van der Waals surface area contributed by atoms with Crippen LogP contribution in [0.1, 0.15) is 23.2 Å². The number of rotatable bonds is 3. The number of likely N-dealkylation sites (tertiary alicyclic amines) is 1. The van der Waals surface area contributed by atoms with Crippen LogP contribution in [0.15, 0.2) is 42.5 Å². The third-order valence-corrected chi connectivity index (χ3v) is 4.76. The molecule has 0 saturated carbocycles. The van der Waals surface area contributed by atoms with Crippen LogP contribution in [0.3, 0.4) is 0 Å². The molecule has 2 amide bonds. The Bertz CT molecular complexity index is 819. The van der Waals surface area contributed by atoms with Crippen LogP contribution in [0, 0.1) is 5.92 Å². The zero-order valence-electron chi connectivity index (χ0n) is 14.5. The molecule has 1 heterocycles. The van der Waals surface area contributed by atoms with Gasteiger partial charge >= 0.3 is 0 Å². The largest absolute Gasteiger partial charge is 0.506 e. The third-order valence-electron chi connectivity index (χ3n) is 4.53. The van der Waals surface area contributed by atoms with Crippen LogP contribution in [-0.2, 0) is 4.79 Å². The molecule has 0 aliphatic carbocycles. The van der Waals surface area contributed by atoms with Crippen molar-refractivity contribution in [2.24, 2.45) is 5.92 Å². The first-order chi connectivity index (χ1) is 12.4. The fourth-order valence-corrected chi connectivity index (χ4v) is 3.17. The molecule has 6 nitrogen and oxygen atoms in total. The van der Waals surface area contributed by atoms with Crippen LogP contribution >= 0.6 is 24.0 Å². The number of benzene rings is 2. The van der Waals surface area contributed by atoms with Gasteiger partial charge in [-0.15, -0.1) is 12.4 Å². The summed E-state index contributed by atoms with van der Waals surface area (Å²) in [7, 11) is 0. The first kappa shape index (κ1) is 20.9. The number of hydrogen-bond acceptors (Lipinski definition) is 4. The number of phenolic OH excluding ortho intramolecular Hbond substituents is 1. The summed E-state index contributed by atoms with van der Waals surface area (Å²) in [5.41, 5.74) is 7.14. The van der Waals surface area contributed by atoms with Gasteiger partial charge in [-0.25, -0.2) is 0 Å². The number of carbonyl (C=O) groups is 2. The van der Waals surface area contributed by atoms with Gasteiger partial charge in [0.15, 0.2) is 0 Å². The number of amides is 2. The molecule has 1 fully saturated rings. The monoisotopic (exact) mass is 409 g/mol. The first-order valence-corrected chi connectivity index (χ1v) is 8.76. The molecule has 0 aromatic heterocycles. The second kappa shape index (κ2) is 8.97. The van der Waals surface area contributed by atoms with Gasteiger partial charge in [-0.05, 0) is 55.3 Å². The van der Waals surface area contributed by atoms with Crippen LogP contribution in [0.25, 0.3) is 0 Å². The number of aromatic hydroxyl groups is 1. The molecule has 3 rings (SSSR count). The van der Waals surface area contributed by atoms with E-state index in [9.17, 15) is 14.7 Å². The molecule has 8 heteroatoms. The molecule has 0 bridgehead atoms. The molecule has 4 N–H and O–H groups in total. The van der Waals surface area contributed by atoms with Crippen LogP contribution in [0.5, 0.6) is 5.75 Å². The van der Waals surface area contributed by atoms with E-state index < -0.39 is 0 Å². The van der Waals surface area contributed by atoms with Crippen molar-refractivity contribution in [1.82, 2.24) is 4.90 Å². The predicted octanol–water partition coefficient (Wildman–Crippen LogP) is 3.54. The maximum Gasteiger partial charge on any atom is 0.253 e. The molecular weight excluding hydrogens is 389 g/mol. The minimum atomic E-state index is -0.219. The highest BCUT2D eigenvalue weighted by Crippen LogP contribution is 2.28. The van der Waals surface area contributed by atoms with E-state index in [1.165, 1.54) is 12.1 Å². The zero-order chi connectivity index (χ0) is 18.7. The quantitative estimate of drug-likeness (QED) is 0.533. The molecule has 1 aliphatic rings. The summed E-state index contributed by atoms with van der Waals surface area (Å²) in [6.07, 6.45) is 1.13. The van der Waals surface area contributed by atoms with Crippen molar-refractivity contribution in [2.45, 2.75) is 12.8 Å². The SMILES string of the molecule is Cl.Nc1ccc(C(=O)N2CCC(C(=O)Nc3cc(Cl)ccc3O)CC2)cc1. The molecule has 0 unspecified atom stereocenters. The Morgan fingerprint density at radius 3 is 2.37 bits per heavy atom. The van der Waals surface area contributed by atoms with Gasteiger partial charge in [-0.3, -0.25) is 9.59 Å². The molecule has 0 spiro atoms. The molecule has 2 aromatic carbocycles. The van der Waals surface area contributed by atoms with Crippen molar-refractivity contribution in [3.05, 3.63) is 53.1 Å². The lowest BCUT2D eigenvalue weighted by Crippen LogP contribution is -2.41. The highest BCUT2D eigenvalue weighted by Gasteiger charge is 2.28. The van der Waals surface area contributed by atoms with Crippen LogP contribution < -0.4 is 11.1 Å². The topological polar surface area (TPSA) is 95.7 Å². The molecular formula is C19H21Cl2N3O3. The number of halogens is 2. The standard InChI is InChI=1S/C19H20ClN3O3.ClH/c20-14-3-6-17(24)16(11-14)22-18(25)12-7-9-23(10-8-12)19(26)13-1-4-15(21)5-2-13;/h1-6,11-12,24H,7-10,21H2,(H,22,25);1H. The number of carbonyl (C=O) groups excluding carboxylic acids is 2. The molecule has 144 valence electrons. The lowest BCUT2D eigenvalue weighted by atomic mass is 9.95. The van der Waals surface area contributed by atoms with Gasteiger partial charge in [-0.1, -0.05) is 11.6 Å². The summed E-state index contributed by atoms with van der Waals surface area (Å²) in [6, 6.07) is 11.3. The minimum Gasteiger partial charge on any atom is -0.506 e. The van der Waals surface area contributed by atoms with Gasteiger partial charge < -0.3 is 21.1 Å². The minimum absolute atomic E-state index is 0. The van der Waals surface area contributed by atoms with E-state index >= 15 is 0 Å². The van der Waals surface area contributed by atoms with Gasteiger partial charge in [-0.2, -0.15) is 0 Å². The van der Waals surface area contributed by atoms with E-state index in [0.717, 1.165) is 0 Å². The second-order valence-electron chi connectivity index (χ2n) is 6.34. The van der Waals surface area contributed by atoms with Gasteiger partial charge in [0.05, 0.1) is 5.69 Å². The number of phenols is 1. The third kappa shape index (κ3) is 5.05. The average molecular weight is 410 g/mol. The molecule has 0 radical (unpaired) electrons. The van der Waals surface area contributed by atoms with Gasteiger partial charge in [0.2, 0.25) is 5.91 Å². The van der Waals surface area contributed by atoms with E-state index in [1.54, 1.807) is 35.2 Å². The normalized spacial score (nSPS) is 14.3. The number of nitrogens with two attached hydrogens (primary N) is 1. The van der Waals surface area contributed by atoms with Crippen LogP contribution in [-0.4, -0.2) is 34.9 Å². The second-order valence-corrected chi connectivity index (χ2v) is 6.78. The fourth-order valence-electron chi connectivity index (χ4n) is 3.00. The summed E-state index contributed by atoms with van der Waals surface area (Å²) in [5, 5.41) is 13.0. The van der Waals surface area contributed by atoms with E-state index in [2.05, 4.69) is 5.32 Å². The van der Waals surface area contributed by atoms with Crippen molar-refractivity contribution in [3.8, 4) is 5.75 Å². The van der Waals surface area contributed by atoms with Gasteiger partial charge in [0.25, 0.3) is 5.91 Å². The number of nitrogen functional groups attached to an aromatic ring is 1. The number of nitrogens with zero attached hydrogens (tertiary/aromatic N) is 1. The Morgan fingerprint density at radius 1 is 1.11 bits per heavy atom. The van der Waals surface area contributed by atoms with Crippen LogP contribution in [0.4, 0.5) is 11.4 Å². The van der Waals surface area contributed by atoms with Gasteiger partial charge in [0, 0.05) is 35.3 Å². The number of nitrogens with one attached hydrogen (secondary N) is 1.